The summed E-state index contributed by atoms with van der Waals surface area (Å²) < 4.78 is 5.11. The molecule has 0 amide bonds. The summed E-state index contributed by atoms with van der Waals surface area (Å²) in [6, 6.07) is 9.63. The summed E-state index contributed by atoms with van der Waals surface area (Å²) in [5.41, 5.74) is 1.77. The maximum atomic E-state index is 11.4. The summed E-state index contributed by atoms with van der Waals surface area (Å²) in [5, 5.41) is 4.94. The fourth-order valence-corrected chi connectivity index (χ4v) is 1.95. The van der Waals surface area contributed by atoms with E-state index in [0.29, 0.717) is 18.1 Å². The molecule has 3 aromatic rings. The van der Waals surface area contributed by atoms with Crippen LogP contribution in [0.5, 0.6) is 0 Å². The number of pyridine rings is 1. The number of carbonyl (C=O) groups is 1. The van der Waals surface area contributed by atoms with Crippen molar-refractivity contribution in [3.05, 3.63) is 42.4 Å². The molecule has 100 valence electrons. The summed E-state index contributed by atoms with van der Waals surface area (Å²) in [6.45, 7) is 1.82. The van der Waals surface area contributed by atoms with Crippen molar-refractivity contribution in [3.63, 3.8) is 0 Å². The Morgan fingerprint density at radius 2 is 2.20 bits per heavy atom. The third-order valence-electron chi connectivity index (χ3n) is 3.07. The normalized spacial score (nSPS) is 10.8. The lowest BCUT2D eigenvalue weighted by Crippen LogP contribution is -2.00. The summed E-state index contributed by atoms with van der Waals surface area (Å²) in [5.74, 6) is 0.940. The minimum atomic E-state index is 0.0860. The predicted molar refractivity (Wildman–Crippen MR) is 74.0 cm³/mol. The highest BCUT2D eigenvalue weighted by Crippen LogP contribution is 2.21. The van der Waals surface area contributed by atoms with Gasteiger partial charge in [-0.05, 0) is 24.3 Å². The topological polar surface area (TPSA) is 68.9 Å². The molecule has 0 spiro atoms. The molecule has 0 aliphatic carbocycles. The number of rotatable bonds is 4. The Morgan fingerprint density at radius 1 is 1.30 bits per heavy atom. The van der Waals surface area contributed by atoms with E-state index in [-0.39, 0.29) is 12.2 Å². The molecule has 0 fully saturated rings. The number of carbonyl (C=O) groups excluding carboxylic acids is 1. The van der Waals surface area contributed by atoms with Crippen molar-refractivity contribution in [2.24, 2.45) is 0 Å². The first-order valence-corrected chi connectivity index (χ1v) is 6.45. The molecule has 2 aromatic heterocycles. The highest BCUT2D eigenvalue weighted by molar-refractivity contribution is 5.83. The SMILES string of the molecule is CCC(=O)Cc1nc(-c2ccc3ncccc3c2)no1. The largest absolute Gasteiger partial charge is 0.339 e. The van der Waals surface area contributed by atoms with Crippen molar-refractivity contribution < 1.29 is 9.32 Å². The number of Topliss-reactive ketones (excluding diaryl/α,β-unsaturated/α-hetero) is 1. The lowest BCUT2D eigenvalue weighted by Gasteiger charge is -1.98. The Balaban J connectivity index is 1.92. The van der Waals surface area contributed by atoms with Gasteiger partial charge in [0.1, 0.15) is 5.78 Å². The van der Waals surface area contributed by atoms with Crippen LogP contribution >= 0.6 is 0 Å². The molecule has 0 saturated heterocycles. The van der Waals surface area contributed by atoms with Crippen molar-refractivity contribution >= 4 is 16.7 Å². The molecule has 20 heavy (non-hydrogen) atoms. The summed E-state index contributed by atoms with van der Waals surface area (Å²) in [7, 11) is 0. The van der Waals surface area contributed by atoms with Crippen LogP contribution in [0.25, 0.3) is 22.3 Å². The van der Waals surface area contributed by atoms with Crippen LogP contribution in [0, 0.1) is 0 Å². The third-order valence-corrected chi connectivity index (χ3v) is 3.07. The monoisotopic (exact) mass is 267 g/mol. The van der Waals surface area contributed by atoms with Crippen molar-refractivity contribution in [2.45, 2.75) is 19.8 Å². The quantitative estimate of drug-likeness (QED) is 0.727. The second kappa shape index (κ2) is 5.21. The standard InChI is InChI=1S/C15H13N3O2/c1-2-12(19)9-14-17-15(18-20-14)11-5-6-13-10(8-11)4-3-7-16-13/h3-8H,2,9H2,1H3. The molecule has 3 rings (SSSR count). The van der Waals surface area contributed by atoms with Gasteiger partial charge in [-0.15, -0.1) is 0 Å². The average molecular weight is 267 g/mol. The molecule has 0 aliphatic heterocycles. The van der Waals surface area contributed by atoms with E-state index in [1.54, 1.807) is 6.20 Å². The van der Waals surface area contributed by atoms with Crippen LogP contribution in [0.4, 0.5) is 0 Å². The van der Waals surface area contributed by atoms with Crippen LogP contribution in [0.3, 0.4) is 0 Å². The third kappa shape index (κ3) is 2.42. The minimum Gasteiger partial charge on any atom is -0.339 e. The van der Waals surface area contributed by atoms with Crippen molar-refractivity contribution in [2.75, 3.05) is 0 Å². The van der Waals surface area contributed by atoms with Gasteiger partial charge < -0.3 is 4.52 Å². The molecule has 0 N–H and O–H groups in total. The zero-order valence-corrected chi connectivity index (χ0v) is 11.0. The summed E-state index contributed by atoms with van der Waals surface area (Å²) in [6.07, 6.45) is 2.42. The molecule has 2 heterocycles. The first-order chi connectivity index (χ1) is 9.76. The second-order valence-electron chi connectivity index (χ2n) is 4.49. The Morgan fingerprint density at radius 3 is 3.05 bits per heavy atom. The maximum absolute atomic E-state index is 11.4. The van der Waals surface area contributed by atoms with Gasteiger partial charge in [-0.1, -0.05) is 18.1 Å². The predicted octanol–water partition coefficient (Wildman–Crippen LogP) is 2.81. The molecule has 0 bridgehead atoms. The van der Waals surface area contributed by atoms with Gasteiger partial charge in [0.25, 0.3) is 0 Å². The second-order valence-corrected chi connectivity index (χ2v) is 4.49. The Bertz CT molecular complexity index is 764. The number of ketones is 1. The van der Waals surface area contributed by atoms with Crippen LogP contribution in [0.2, 0.25) is 0 Å². The Kier molecular flexibility index (Phi) is 3.25. The number of hydrogen-bond acceptors (Lipinski definition) is 5. The van der Waals surface area contributed by atoms with E-state index in [9.17, 15) is 4.79 Å². The zero-order valence-electron chi connectivity index (χ0n) is 11.0. The molecule has 0 radical (unpaired) electrons. The average Bonchev–Trinajstić information content (AvgIpc) is 2.95. The molecule has 5 heteroatoms. The van der Waals surface area contributed by atoms with Crippen LogP contribution in [-0.4, -0.2) is 20.9 Å². The van der Waals surface area contributed by atoms with Gasteiger partial charge in [-0.25, -0.2) is 0 Å². The number of nitrogens with zero attached hydrogens (tertiary/aromatic N) is 3. The smallest absolute Gasteiger partial charge is 0.234 e. The summed E-state index contributed by atoms with van der Waals surface area (Å²) in [4.78, 5) is 19.9. The maximum Gasteiger partial charge on any atom is 0.234 e. The fourth-order valence-electron chi connectivity index (χ4n) is 1.95. The van der Waals surface area contributed by atoms with Gasteiger partial charge >= 0.3 is 0 Å². The van der Waals surface area contributed by atoms with Gasteiger partial charge in [0, 0.05) is 23.6 Å². The molecule has 0 unspecified atom stereocenters. The van der Waals surface area contributed by atoms with E-state index in [2.05, 4.69) is 15.1 Å². The van der Waals surface area contributed by atoms with E-state index in [4.69, 9.17) is 4.52 Å². The number of fused-ring (bicyclic) bond motifs is 1. The Labute approximate surface area is 115 Å². The fraction of sp³-hybridized carbons (Fsp3) is 0.200. The molecule has 0 aliphatic rings. The van der Waals surface area contributed by atoms with Gasteiger partial charge in [-0.2, -0.15) is 4.98 Å². The first-order valence-electron chi connectivity index (χ1n) is 6.45. The lowest BCUT2D eigenvalue weighted by molar-refractivity contribution is -0.118. The molecular weight excluding hydrogens is 254 g/mol. The van der Waals surface area contributed by atoms with E-state index in [1.165, 1.54) is 0 Å². The van der Waals surface area contributed by atoms with Crippen molar-refractivity contribution in [3.8, 4) is 11.4 Å². The molecule has 0 atom stereocenters. The molecular formula is C15H13N3O2. The van der Waals surface area contributed by atoms with Crippen LogP contribution in [-0.2, 0) is 11.2 Å². The van der Waals surface area contributed by atoms with E-state index in [1.807, 2.05) is 37.3 Å². The van der Waals surface area contributed by atoms with Gasteiger partial charge in [-0.3, -0.25) is 9.78 Å². The lowest BCUT2D eigenvalue weighted by atomic mass is 10.1. The van der Waals surface area contributed by atoms with E-state index >= 15 is 0 Å². The minimum absolute atomic E-state index is 0.0860. The van der Waals surface area contributed by atoms with Crippen LogP contribution in [0.1, 0.15) is 19.2 Å². The highest BCUT2D eigenvalue weighted by atomic mass is 16.5. The molecule has 0 saturated carbocycles. The van der Waals surface area contributed by atoms with Gasteiger partial charge in [0.2, 0.25) is 11.7 Å². The highest BCUT2D eigenvalue weighted by Gasteiger charge is 2.11. The van der Waals surface area contributed by atoms with Gasteiger partial charge in [0.05, 0.1) is 11.9 Å². The van der Waals surface area contributed by atoms with Gasteiger partial charge in [0.15, 0.2) is 0 Å². The Hall–Kier alpha value is -2.56. The first kappa shape index (κ1) is 12.5. The van der Waals surface area contributed by atoms with E-state index in [0.717, 1.165) is 16.5 Å². The van der Waals surface area contributed by atoms with E-state index < -0.39 is 0 Å². The number of aromatic nitrogens is 3. The van der Waals surface area contributed by atoms with Crippen molar-refractivity contribution in [1.29, 1.82) is 0 Å². The summed E-state index contributed by atoms with van der Waals surface area (Å²) >= 11 is 0. The van der Waals surface area contributed by atoms with Crippen LogP contribution in [0.15, 0.2) is 41.1 Å². The number of hydrogen-bond donors (Lipinski definition) is 0. The van der Waals surface area contributed by atoms with Crippen LogP contribution < -0.4 is 0 Å². The van der Waals surface area contributed by atoms with Crippen molar-refractivity contribution in [1.82, 2.24) is 15.1 Å². The number of benzene rings is 1. The zero-order chi connectivity index (χ0) is 13.9. The molecule has 1 aromatic carbocycles. The molecule has 5 nitrogen and oxygen atoms in total.